The summed E-state index contributed by atoms with van der Waals surface area (Å²) in [6.07, 6.45) is 0. The van der Waals surface area contributed by atoms with Crippen molar-refractivity contribution in [3.05, 3.63) is 224 Å². The van der Waals surface area contributed by atoms with E-state index in [0.717, 1.165) is 88.2 Å². The molecule has 6 heteroatoms. The number of benzene rings is 10. The Morgan fingerprint density at radius 3 is 1.66 bits per heavy atom. The molecule has 0 atom stereocenters. The lowest BCUT2D eigenvalue weighted by Gasteiger charge is -2.15. The number of hydrogen-bond donors (Lipinski definition) is 0. The normalized spacial score (nSPS) is 11.9. The van der Waals surface area contributed by atoms with Gasteiger partial charge in [0.1, 0.15) is 11.2 Å². The second-order valence-electron chi connectivity index (χ2n) is 17.2. The fourth-order valence-corrected chi connectivity index (χ4v) is 10.2. The molecule has 67 heavy (non-hydrogen) atoms. The van der Waals surface area contributed by atoms with Crippen molar-refractivity contribution in [3.63, 3.8) is 0 Å². The highest BCUT2D eigenvalue weighted by Crippen LogP contribution is 2.41. The Kier molecular flexibility index (Phi) is 8.18. The van der Waals surface area contributed by atoms with E-state index in [-0.39, 0.29) is 0 Å². The Balaban J connectivity index is 1.01. The number of rotatable bonds is 6. The Morgan fingerprint density at radius 2 is 0.851 bits per heavy atom. The molecule has 10 aromatic carbocycles. The van der Waals surface area contributed by atoms with Crippen molar-refractivity contribution in [1.82, 2.24) is 24.1 Å². The van der Waals surface area contributed by atoms with Crippen molar-refractivity contribution >= 4 is 76.3 Å². The maximum Gasteiger partial charge on any atom is 0.164 e. The van der Waals surface area contributed by atoms with Gasteiger partial charge in [-0.05, 0) is 82.6 Å². The first-order valence-electron chi connectivity index (χ1n) is 22.6. The molecule has 0 aliphatic carbocycles. The van der Waals surface area contributed by atoms with Gasteiger partial charge in [-0.2, -0.15) is 0 Å². The predicted molar refractivity (Wildman–Crippen MR) is 275 cm³/mol. The molecule has 0 spiro atoms. The van der Waals surface area contributed by atoms with Crippen LogP contribution in [-0.4, -0.2) is 24.1 Å². The smallest absolute Gasteiger partial charge is 0.164 e. The summed E-state index contributed by atoms with van der Waals surface area (Å²) in [5, 5.41) is 9.11. The number of furan rings is 1. The van der Waals surface area contributed by atoms with E-state index in [2.05, 4.69) is 215 Å². The van der Waals surface area contributed by atoms with Gasteiger partial charge in [0, 0.05) is 54.7 Å². The first-order chi connectivity index (χ1) is 33.2. The Hall–Kier alpha value is -9.13. The highest BCUT2D eigenvalue weighted by Gasteiger charge is 2.22. The number of para-hydroxylation sites is 4. The van der Waals surface area contributed by atoms with E-state index >= 15 is 0 Å². The number of aromatic nitrogens is 5. The zero-order valence-electron chi connectivity index (χ0n) is 36.0. The summed E-state index contributed by atoms with van der Waals surface area (Å²) in [6, 6.07) is 79.4. The second-order valence-corrected chi connectivity index (χ2v) is 17.2. The maximum absolute atomic E-state index is 6.36. The Bertz CT molecular complexity index is 4290. The second kappa shape index (κ2) is 14.7. The van der Waals surface area contributed by atoms with Crippen molar-refractivity contribution in [2.45, 2.75) is 0 Å². The van der Waals surface area contributed by atoms with Crippen LogP contribution in [0.15, 0.2) is 229 Å². The Morgan fingerprint density at radius 1 is 0.299 bits per heavy atom. The van der Waals surface area contributed by atoms with Crippen LogP contribution in [0, 0.1) is 0 Å². The number of nitrogens with zero attached hydrogens (tertiary/aromatic N) is 5. The van der Waals surface area contributed by atoms with Gasteiger partial charge >= 0.3 is 0 Å². The molecule has 14 aromatic rings. The zero-order chi connectivity index (χ0) is 44.0. The summed E-state index contributed by atoms with van der Waals surface area (Å²) in [4.78, 5) is 15.7. The quantitative estimate of drug-likeness (QED) is 0.167. The third-order valence-electron chi connectivity index (χ3n) is 13.3. The minimum Gasteiger partial charge on any atom is -0.456 e. The molecule has 0 saturated carbocycles. The van der Waals surface area contributed by atoms with Gasteiger partial charge in [-0.15, -0.1) is 0 Å². The highest BCUT2D eigenvalue weighted by atomic mass is 16.3. The number of fused-ring (bicyclic) bond motifs is 10. The lowest BCUT2D eigenvalue weighted by Crippen LogP contribution is -2.02. The summed E-state index contributed by atoms with van der Waals surface area (Å²) in [7, 11) is 0. The molecule has 0 fully saturated rings. The fourth-order valence-electron chi connectivity index (χ4n) is 10.2. The van der Waals surface area contributed by atoms with E-state index in [1.165, 1.54) is 27.3 Å². The molecule has 14 rings (SSSR count). The summed E-state index contributed by atoms with van der Waals surface area (Å²) in [5.74, 6) is 1.76. The molecule has 0 N–H and O–H groups in total. The van der Waals surface area contributed by atoms with Crippen LogP contribution in [0.1, 0.15) is 0 Å². The summed E-state index contributed by atoms with van der Waals surface area (Å²) in [6.45, 7) is 0. The highest BCUT2D eigenvalue weighted by molar-refractivity contribution is 6.15. The van der Waals surface area contributed by atoms with Crippen molar-refractivity contribution in [2.24, 2.45) is 0 Å². The van der Waals surface area contributed by atoms with Crippen LogP contribution in [-0.2, 0) is 0 Å². The van der Waals surface area contributed by atoms with E-state index < -0.39 is 0 Å². The molecule has 4 aromatic heterocycles. The largest absolute Gasteiger partial charge is 0.456 e. The minimum atomic E-state index is 0.572. The average molecular weight is 856 g/mol. The molecular weight excluding hydrogens is 819 g/mol. The maximum atomic E-state index is 6.36. The van der Waals surface area contributed by atoms with Crippen LogP contribution in [0.2, 0.25) is 0 Å². The standard InChI is InChI=1S/C61H37N5O/c1-2-14-38(15-3-1)41-18-12-19-45(35-41)65-52-24-9-7-21-47(52)51-23-13-26-54(58(51)65)66-53-25-10-6-20-46(53)48-32-30-43(36-55(48)66)60-62-59(42-29-28-39-16-4-5-17-40(39)34-42)63-61(64-60)44-31-33-50-49-22-8-11-27-56(49)67-57(50)37-44/h1-37H. The molecule has 0 aliphatic heterocycles. The van der Waals surface area contributed by atoms with E-state index in [4.69, 9.17) is 19.4 Å². The summed E-state index contributed by atoms with van der Waals surface area (Å²) in [5.41, 5.74) is 13.3. The van der Waals surface area contributed by atoms with E-state index in [0.29, 0.717) is 17.5 Å². The monoisotopic (exact) mass is 855 g/mol. The minimum absolute atomic E-state index is 0.572. The molecule has 0 radical (unpaired) electrons. The van der Waals surface area contributed by atoms with Gasteiger partial charge in [0.25, 0.3) is 0 Å². The average Bonchev–Trinajstić information content (AvgIpc) is 4.06. The van der Waals surface area contributed by atoms with Crippen LogP contribution in [0.5, 0.6) is 0 Å². The van der Waals surface area contributed by atoms with Crippen molar-refractivity contribution in [2.75, 3.05) is 0 Å². The topological polar surface area (TPSA) is 61.7 Å². The van der Waals surface area contributed by atoms with E-state index in [1.807, 2.05) is 18.2 Å². The molecule has 4 heterocycles. The fraction of sp³-hybridized carbons (Fsp3) is 0. The van der Waals surface area contributed by atoms with Crippen molar-refractivity contribution < 1.29 is 4.42 Å². The van der Waals surface area contributed by atoms with Crippen LogP contribution in [0.3, 0.4) is 0 Å². The van der Waals surface area contributed by atoms with E-state index in [9.17, 15) is 0 Å². The third kappa shape index (κ3) is 5.93. The van der Waals surface area contributed by atoms with Gasteiger partial charge in [-0.1, -0.05) is 164 Å². The van der Waals surface area contributed by atoms with Gasteiger partial charge in [-0.3, -0.25) is 0 Å². The molecular formula is C61H37N5O. The number of hydrogen-bond acceptors (Lipinski definition) is 4. The van der Waals surface area contributed by atoms with Gasteiger partial charge in [0.2, 0.25) is 0 Å². The lowest BCUT2D eigenvalue weighted by atomic mass is 10.1. The Labute approximate surface area is 384 Å². The summed E-state index contributed by atoms with van der Waals surface area (Å²) >= 11 is 0. The van der Waals surface area contributed by atoms with Crippen LogP contribution < -0.4 is 0 Å². The lowest BCUT2D eigenvalue weighted by molar-refractivity contribution is 0.669. The van der Waals surface area contributed by atoms with Gasteiger partial charge in [0.05, 0.1) is 27.8 Å². The van der Waals surface area contributed by atoms with Crippen LogP contribution in [0.4, 0.5) is 0 Å². The van der Waals surface area contributed by atoms with Crippen LogP contribution in [0.25, 0.3) is 133 Å². The van der Waals surface area contributed by atoms with Crippen molar-refractivity contribution in [3.8, 4) is 56.7 Å². The zero-order valence-corrected chi connectivity index (χ0v) is 36.0. The molecule has 0 aliphatic rings. The first-order valence-corrected chi connectivity index (χ1v) is 22.6. The summed E-state index contributed by atoms with van der Waals surface area (Å²) < 4.78 is 11.2. The van der Waals surface area contributed by atoms with Gasteiger partial charge in [0.15, 0.2) is 17.5 Å². The third-order valence-corrected chi connectivity index (χ3v) is 13.3. The SMILES string of the molecule is c1ccc(-c2cccc(-n3c4ccccc4c4cccc(-n5c6ccccc6c6ccc(-c7nc(-c8ccc9ccccc9c8)nc(-c8ccc9c(c8)oc8ccccc89)n7)cc65)c43)c2)cc1. The molecule has 6 nitrogen and oxygen atoms in total. The molecule has 0 saturated heterocycles. The predicted octanol–water partition coefficient (Wildman–Crippen LogP) is 15.8. The first kappa shape index (κ1) is 37.3. The molecule has 312 valence electrons. The van der Waals surface area contributed by atoms with E-state index in [1.54, 1.807) is 0 Å². The molecule has 0 amide bonds. The van der Waals surface area contributed by atoms with Crippen LogP contribution >= 0.6 is 0 Å². The molecule has 0 bridgehead atoms. The molecule has 0 unspecified atom stereocenters. The van der Waals surface area contributed by atoms with Crippen molar-refractivity contribution in [1.29, 1.82) is 0 Å². The van der Waals surface area contributed by atoms with Gasteiger partial charge < -0.3 is 13.6 Å². The van der Waals surface area contributed by atoms with Gasteiger partial charge in [-0.25, -0.2) is 15.0 Å².